The second kappa shape index (κ2) is 4.03. The van der Waals surface area contributed by atoms with Crippen molar-refractivity contribution in [3.05, 3.63) is 48.7 Å². The number of carbonyl (C=O) groups is 1. The maximum Gasteiger partial charge on any atom is 0.298 e. The van der Waals surface area contributed by atoms with Crippen LogP contribution in [0.2, 0.25) is 0 Å². The molecule has 2 aromatic heterocycles. The summed E-state index contributed by atoms with van der Waals surface area (Å²) >= 11 is 0. The fourth-order valence-electron chi connectivity index (χ4n) is 1.81. The Kier molecular flexibility index (Phi) is 2.37. The summed E-state index contributed by atoms with van der Waals surface area (Å²) < 4.78 is 12.1. The number of ether oxygens (including phenoxy) is 1. The Labute approximate surface area is 103 Å². The van der Waals surface area contributed by atoms with Gasteiger partial charge in [0.2, 0.25) is 0 Å². The van der Waals surface area contributed by atoms with Crippen LogP contribution in [0.1, 0.15) is 10.6 Å². The van der Waals surface area contributed by atoms with Crippen LogP contribution in [0.15, 0.2) is 47.4 Å². The van der Waals surface area contributed by atoms with E-state index < -0.39 is 0 Å². The lowest BCUT2D eigenvalue weighted by Crippen LogP contribution is -2.08. The van der Waals surface area contributed by atoms with Crippen LogP contribution >= 0.6 is 0 Å². The van der Waals surface area contributed by atoms with E-state index in [1.165, 1.54) is 10.9 Å². The zero-order chi connectivity index (χ0) is 12.5. The Balaban J connectivity index is 2.11. The number of hydrogen-bond acceptors (Lipinski definition) is 4. The molecule has 3 aromatic rings. The van der Waals surface area contributed by atoms with Crippen molar-refractivity contribution < 1.29 is 13.9 Å². The highest BCUT2D eigenvalue weighted by atomic mass is 16.5. The summed E-state index contributed by atoms with van der Waals surface area (Å²) in [4.78, 5) is 15.9. The highest BCUT2D eigenvalue weighted by molar-refractivity contribution is 5.98. The molecule has 0 amide bonds. The molecule has 0 radical (unpaired) electrons. The molecule has 18 heavy (non-hydrogen) atoms. The SMILES string of the molecule is COc1cccc2cc(C(=O)n3ccnc3)oc12. The third-order valence-electron chi connectivity index (χ3n) is 2.68. The number of imidazole rings is 1. The van der Waals surface area contributed by atoms with Crippen molar-refractivity contribution in [2.45, 2.75) is 0 Å². The van der Waals surface area contributed by atoms with Gasteiger partial charge in [-0.25, -0.2) is 4.98 Å². The highest BCUT2D eigenvalue weighted by Crippen LogP contribution is 2.28. The summed E-state index contributed by atoms with van der Waals surface area (Å²) in [6.45, 7) is 0. The fourth-order valence-corrected chi connectivity index (χ4v) is 1.81. The zero-order valence-corrected chi connectivity index (χ0v) is 9.66. The smallest absolute Gasteiger partial charge is 0.298 e. The molecule has 1 aromatic carbocycles. The summed E-state index contributed by atoms with van der Waals surface area (Å²) in [5, 5.41) is 0.831. The van der Waals surface area contributed by atoms with Crippen molar-refractivity contribution in [3.8, 4) is 5.75 Å². The average molecular weight is 242 g/mol. The molecule has 0 aliphatic heterocycles. The molecule has 2 heterocycles. The van der Waals surface area contributed by atoms with E-state index in [0.29, 0.717) is 11.3 Å². The lowest BCUT2D eigenvalue weighted by molar-refractivity contribution is 0.0934. The summed E-state index contributed by atoms with van der Waals surface area (Å²) in [5.74, 6) is 0.607. The molecule has 0 aliphatic carbocycles. The van der Waals surface area contributed by atoms with Gasteiger partial charge < -0.3 is 9.15 Å². The first-order chi connectivity index (χ1) is 8.79. The number of rotatable bonds is 2. The second-order valence-corrected chi connectivity index (χ2v) is 3.76. The summed E-state index contributed by atoms with van der Waals surface area (Å²) in [6, 6.07) is 7.20. The van der Waals surface area contributed by atoms with Gasteiger partial charge in [-0.05, 0) is 12.1 Å². The van der Waals surface area contributed by atoms with Crippen molar-refractivity contribution >= 4 is 16.9 Å². The van der Waals surface area contributed by atoms with E-state index in [2.05, 4.69) is 4.98 Å². The fraction of sp³-hybridized carbons (Fsp3) is 0.0769. The van der Waals surface area contributed by atoms with E-state index in [0.717, 1.165) is 5.39 Å². The molecule has 0 aliphatic rings. The number of para-hydroxylation sites is 1. The van der Waals surface area contributed by atoms with Gasteiger partial charge in [-0.1, -0.05) is 12.1 Å². The molecule has 0 bridgehead atoms. The zero-order valence-electron chi connectivity index (χ0n) is 9.66. The van der Waals surface area contributed by atoms with Crippen LogP contribution in [0.4, 0.5) is 0 Å². The first-order valence-electron chi connectivity index (χ1n) is 5.39. The molecule has 5 nitrogen and oxygen atoms in total. The van der Waals surface area contributed by atoms with Crippen molar-refractivity contribution in [2.24, 2.45) is 0 Å². The molecular formula is C13H10N2O3. The number of aromatic nitrogens is 2. The van der Waals surface area contributed by atoms with Crippen LogP contribution in [0.25, 0.3) is 11.0 Å². The van der Waals surface area contributed by atoms with Crippen LogP contribution in [-0.4, -0.2) is 22.6 Å². The van der Waals surface area contributed by atoms with Crippen molar-refractivity contribution in [1.29, 1.82) is 0 Å². The normalized spacial score (nSPS) is 10.7. The van der Waals surface area contributed by atoms with Gasteiger partial charge >= 0.3 is 0 Å². The van der Waals surface area contributed by atoms with Gasteiger partial charge in [-0.15, -0.1) is 0 Å². The van der Waals surface area contributed by atoms with E-state index in [9.17, 15) is 4.79 Å². The molecule has 5 heteroatoms. The minimum atomic E-state index is -0.259. The van der Waals surface area contributed by atoms with E-state index in [1.807, 2.05) is 12.1 Å². The largest absolute Gasteiger partial charge is 0.493 e. The Morgan fingerprint density at radius 1 is 1.44 bits per heavy atom. The van der Waals surface area contributed by atoms with Crippen LogP contribution in [-0.2, 0) is 0 Å². The molecule has 3 rings (SSSR count). The minimum absolute atomic E-state index is 0.257. The molecule has 0 saturated heterocycles. The van der Waals surface area contributed by atoms with E-state index >= 15 is 0 Å². The lowest BCUT2D eigenvalue weighted by atomic mass is 10.2. The standard InChI is InChI=1S/C13H10N2O3/c1-17-10-4-2-3-9-7-11(18-12(9)10)13(16)15-6-5-14-8-15/h2-8H,1H3. The van der Waals surface area contributed by atoms with E-state index in [4.69, 9.17) is 9.15 Å². The van der Waals surface area contributed by atoms with Gasteiger partial charge in [0.05, 0.1) is 7.11 Å². The number of fused-ring (bicyclic) bond motifs is 1. The Hall–Kier alpha value is -2.56. The van der Waals surface area contributed by atoms with Crippen LogP contribution < -0.4 is 4.74 Å². The predicted octanol–water partition coefficient (Wildman–Crippen LogP) is 2.33. The maximum absolute atomic E-state index is 12.1. The number of furan rings is 1. The molecule has 0 N–H and O–H groups in total. The highest BCUT2D eigenvalue weighted by Gasteiger charge is 2.15. The average Bonchev–Trinajstić information content (AvgIpc) is 3.05. The van der Waals surface area contributed by atoms with Gasteiger partial charge in [0.25, 0.3) is 5.91 Å². The molecular weight excluding hydrogens is 232 g/mol. The number of carbonyl (C=O) groups excluding carboxylic acids is 1. The summed E-state index contributed by atoms with van der Waals surface area (Å²) in [6.07, 6.45) is 4.56. The second-order valence-electron chi connectivity index (χ2n) is 3.76. The molecule has 0 unspecified atom stereocenters. The summed E-state index contributed by atoms with van der Waals surface area (Å²) in [5.41, 5.74) is 0.573. The van der Waals surface area contributed by atoms with Crippen molar-refractivity contribution in [1.82, 2.24) is 9.55 Å². The Morgan fingerprint density at radius 3 is 3.06 bits per heavy atom. The monoisotopic (exact) mass is 242 g/mol. The van der Waals surface area contributed by atoms with Gasteiger partial charge in [0, 0.05) is 17.8 Å². The van der Waals surface area contributed by atoms with Gasteiger partial charge in [-0.2, -0.15) is 0 Å². The number of nitrogens with zero attached hydrogens (tertiary/aromatic N) is 2. The first kappa shape index (κ1) is 10.6. The number of benzene rings is 1. The maximum atomic E-state index is 12.1. The quantitative estimate of drug-likeness (QED) is 0.692. The lowest BCUT2D eigenvalue weighted by Gasteiger charge is -1.98. The Bertz CT molecular complexity index is 698. The van der Waals surface area contributed by atoms with Gasteiger partial charge in [0.1, 0.15) is 6.33 Å². The third-order valence-corrected chi connectivity index (χ3v) is 2.68. The molecule has 0 atom stereocenters. The molecule has 90 valence electrons. The Morgan fingerprint density at radius 2 is 2.33 bits per heavy atom. The van der Waals surface area contributed by atoms with Crippen molar-refractivity contribution in [2.75, 3.05) is 7.11 Å². The van der Waals surface area contributed by atoms with E-state index in [1.54, 1.807) is 31.6 Å². The molecule has 0 spiro atoms. The summed E-state index contributed by atoms with van der Waals surface area (Å²) in [7, 11) is 1.56. The van der Waals surface area contributed by atoms with Gasteiger partial charge in [0.15, 0.2) is 17.1 Å². The number of methoxy groups -OCH3 is 1. The third kappa shape index (κ3) is 1.57. The first-order valence-corrected chi connectivity index (χ1v) is 5.39. The number of hydrogen-bond donors (Lipinski definition) is 0. The minimum Gasteiger partial charge on any atom is -0.493 e. The molecule has 0 fully saturated rings. The topological polar surface area (TPSA) is 57.3 Å². The van der Waals surface area contributed by atoms with Crippen LogP contribution in [0.3, 0.4) is 0 Å². The van der Waals surface area contributed by atoms with Crippen LogP contribution in [0, 0.1) is 0 Å². The van der Waals surface area contributed by atoms with Gasteiger partial charge in [-0.3, -0.25) is 9.36 Å². The van der Waals surface area contributed by atoms with E-state index in [-0.39, 0.29) is 11.7 Å². The predicted molar refractivity (Wildman–Crippen MR) is 64.7 cm³/mol. The van der Waals surface area contributed by atoms with Crippen molar-refractivity contribution in [3.63, 3.8) is 0 Å². The molecule has 0 saturated carbocycles. The van der Waals surface area contributed by atoms with Crippen LogP contribution in [0.5, 0.6) is 5.75 Å².